The van der Waals surface area contributed by atoms with Crippen molar-refractivity contribution >= 4 is 35.6 Å². The van der Waals surface area contributed by atoms with Crippen molar-refractivity contribution in [2.24, 2.45) is 0 Å². The van der Waals surface area contributed by atoms with Crippen molar-refractivity contribution in [1.82, 2.24) is 5.32 Å². The fourth-order valence-electron chi connectivity index (χ4n) is 3.04. The Kier molecular flexibility index (Phi) is 5.91. The lowest BCUT2D eigenvalue weighted by Crippen LogP contribution is -2.32. The monoisotopic (exact) mass is 350 g/mol. The van der Waals surface area contributed by atoms with E-state index >= 15 is 0 Å². The Balaban J connectivity index is 0.00000192. The molecule has 1 atom stereocenters. The van der Waals surface area contributed by atoms with Crippen molar-refractivity contribution in [3.8, 4) is 0 Å². The van der Waals surface area contributed by atoms with Gasteiger partial charge in [0.05, 0.1) is 12.5 Å². The third-order valence-electron chi connectivity index (χ3n) is 4.13. The number of anilines is 1. The minimum absolute atomic E-state index is 0. The maximum Gasteiger partial charge on any atom is 0.224 e. The Hall–Kier alpha value is -1.71. The van der Waals surface area contributed by atoms with Crippen LogP contribution in [0.5, 0.6) is 0 Å². The second-order valence-corrected chi connectivity index (χ2v) is 6.15. The van der Waals surface area contributed by atoms with Gasteiger partial charge in [0, 0.05) is 10.7 Å². The smallest absolute Gasteiger partial charge is 0.224 e. The van der Waals surface area contributed by atoms with E-state index in [1.54, 1.807) is 0 Å². The fourth-order valence-corrected chi connectivity index (χ4v) is 3.25. The highest BCUT2D eigenvalue weighted by Crippen LogP contribution is 2.31. The molecule has 1 aliphatic rings. The summed E-state index contributed by atoms with van der Waals surface area (Å²) < 4.78 is 0. The van der Waals surface area contributed by atoms with E-state index in [1.807, 2.05) is 42.5 Å². The van der Waals surface area contributed by atoms with Gasteiger partial charge in [0.2, 0.25) is 5.91 Å². The predicted molar refractivity (Wildman–Crippen MR) is 97.1 cm³/mol. The second kappa shape index (κ2) is 7.71. The van der Waals surface area contributed by atoms with E-state index < -0.39 is 0 Å². The molecule has 1 aliphatic carbocycles. The largest absolute Gasteiger partial charge is 0.399 e. The Bertz CT molecular complexity index is 703. The average molecular weight is 351 g/mol. The van der Waals surface area contributed by atoms with Crippen LogP contribution in [-0.4, -0.2) is 5.91 Å². The molecule has 3 nitrogen and oxygen atoms in total. The van der Waals surface area contributed by atoms with Gasteiger partial charge in [0.1, 0.15) is 0 Å². The van der Waals surface area contributed by atoms with E-state index in [2.05, 4.69) is 5.32 Å². The summed E-state index contributed by atoms with van der Waals surface area (Å²) in [5.74, 6) is 0.00257. The zero-order valence-electron chi connectivity index (χ0n) is 12.7. The molecule has 23 heavy (non-hydrogen) atoms. The SMILES string of the molecule is Cl.Nc1ccc2c(c1)CCCC2NC(=O)Cc1ccccc1Cl. The highest BCUT2D eigenvalue weighted by molar-refractivity contribution is 6.31. The summed E-state index contributed by atoms with van der Waals surface area (Å²) in [6.07, 6.45) is 3.36. The first-order valence-corrected chi connectivity index (χ1v) is 7.92. The van der Waals surface area contributed by atoms with Gasteiger partial charge in [-0.05, 0) is 54.2 Å². The lowest BCUT2D eigenvalue weighted by atomic mass is 9.87. The molecule has 3 N–H and O–H groups in total. The van der Waals surface area contributed by atoms with E-state index in [4.69, 9.17) is 17.3 Å². The van der Waals surface area contributed by atoms with Gasteiger partial charge in [-0.1, -0.05) is 35.9 Å². The molecule has 0 saturated heterocycles. The van der Waals surface area contributed by atoms with Crippen molar-refractivity contribution in [3.63, 3.8) is 0 Å². The highest BCUT2D eigenvalue weighted by Gasteiger charge is 2.22. The van der Waals surface area contributed by atoms with Gasteiger partial charge in [-0.15, -0.1) is 12.4 Å². The normalized spacial score (nSPS) is 16.1. The third kappa shape index (κ3) is 4.18. The molecule has 1 unspecified atom stereocenters. The lowest BCUT2D eigenvalue weighted by molar-refractivity contribution is -0.121. The van der Waals surface area contributed by atoms with Crippen molar-refractivity contribution < 1.29 is 4.79 Å². The molecule has 0 spiro atoms. The van der Waals surface area contributed by atoms with Crippen LogP contribution in [0.3, 0.4) is 0 Å². The minimum Gasteiger partial charge on any atom is -0.399 e. The topological polar surface area (TPSA) is 55.1 Å². The van der Waals surface area contributed by atoms with E-state index in [1.165, 1.54) is 11.1 Å². The van der Waals surface area contributed by atoms with Gasteiger partial charge >= 0.3 is 0 Å². The first kappa shape index (κ1) is 17.6. The van der Waals surface area contributed by atoms with Crippen LogP contribution in [-0.2, 0) is 17.6 Å². The fraction of sp³-hybridized carbons (Fsp3) is 0.278. The number of amides is 1. The number of aryl methyl sites for hydroxylation is 1. The number of nitrogen functional groups attached to an aromatic ring is 1. The molecule has 5 heteroatoms. The molecule has 0 saturated carbocycles. The number of hydrogen-bond donors (Lipinski definition) is 2. The predicted octanol–water partition coefficient (Wildman–Crippen LogP) is 4.08. The van der Waals surface area contributed by atoms with E-state index in [9.17, 15) is 4.79 Å². The molecule has 0 bridgehead atoms. The number of hydrogen-bond acceptors (Lipinski definition) is 2. The number of fused-ring (bicyclic) bond motifs is 1. The number of carbonyl (C=O) groups excluding carboxylic acids is 1. The van der Waals surface area contributed by atoms with Crippen LogP contribution in [0.4, 0.5) is 5.69 Å². The summed E-state index contributed by atoms with van der Waals surface area (Å²) >= 11 is 6.12. The molecule has 1 amide bonds. The molecular formula is C18H20Cl2N2O. The molecule has 0 fully saturated rings. The maximum atomic E-state index is 12.3. The standard InChI is InChI=1S/C18H19ClN2O.ClH/c19-16-6-2-1-4-13(16)11-18(22)21-17-7-3-5-12-10-14(20)8-9-15(12)17;/h1-2,4,6,8-10,17H,3,5,7,11,20H2,(H,21,22);1H. The van der Waals surface area contributed by atoms with Gasteiger partial charge in [0.15, 0.2) is 0 Å². The zero-order valence-corrected chi connectivity index (χ0v) is 14.3. The van der Waals surface area contributed by atoms with Crippen LogP contribution in [0.1, 0.15) is 35.6 Å². The number of carbonyl (C=O) groups is 1. The highest BCUT2D eigenvalue weighted by atomic mass is 35.5. The number of rotatable bonds is 3. The summed E-state index contributed by atoms with van der Waals surface area (Å²) in [4.78, 5) is 12.3. The lowest BCUT2D eigenvalue weighted by Gasteiger charge is -2.26. The first-order chi connectivity index (χ1) is 10.6. The summed E-state index contributed by atoms with van der Waals surface area (Å²) in [5, 5.41) is 3.77. The number of benzene rings is 2. The molecule has 3 rings (SSSR count). The molecule has 2 aromatic rings. The summed E-state index contributed by atoms with van der Waals surface area (Å²) in [5.41, 5.74) is 9.91. The molecule has 0 aromatic heterocycles. The van der Waals surface area contributed by atoms with Crippen LogP contribution in [0.25, 0.3) is 0 Å². The third-order valence-corrected chi connectivity index (χ3v) is 4.49. The first-order valence-electron chi connectivity index (χ1n) is 7.54. The van der Waals surface area contributed by atoms with Crippen LogP contribution < -0.4 is 11.1 Å². The summed E-state index contributed by atoms with van der Waals surface area (Å²) in [6, 6.07) is 13.5. The maximum absolute atomic E-state index is 12.3. The van der Waals surface area contributed by atoms with Crippen LogP contribution in [0, 0.1) is 0 Å². The molecule has 122 valence electrons. The van der Waals surface area contributed by atoms with Crippen molar-refractivity contribution in [1.29, 1.82) is 0 Å². The van der Waals surface area contributed by atoms with Crippen LogP contribution in [0.15, 0.2) is 42.5 Å². The molecule has 0 aliphatic heterocycles. The van der Waals surface area contributed by atoms with Crippen LogP contribution in [0.2, 0.25) is 5.02 Å². The Labute approximate surface area is 147 Å². The van der Waals surface area contributed by atoms with Crippen molar-refractivity contribution in [2.45, 2.75) is 31.7 Å². The van der Waals surface area contributed by atoms with Gasteiger partial charge < -0.3 is 11.1 Å². The minimum atomic E-state index is 0. The van der Waals surface area contributed by atoms with Gasteiger partial charge in [-0.3, -0.25) is 4.79 Å². The number of nitrogens with one attached hydrogen (secondary N) is 1. The summed E-state index contributed by atoms with van der Waals surface area (Å²) in [6.45, 7) is 0. The molecule has 0 heterocycles. The van der Waals surface area contributed by atoms with Crippen LogP contribution >= 0.6 is 24.0 Å². The second-order valence-electron chi connectivity index (χ2n) is 5.74. The van der Waals surface area contributed by atoms with Crippen molar-refractivity contribution in [2.75, 3.05) is 5.73 Å². The molecule has 0 radical (unpaired) electrons. The average Bonchev–Trinajstić information content (AvgIpc) is 2.49. The molecular weight excluding hydrogens is 331 g/mol. The van der Waals surface area contributed by atoms with Crippen molar-refractivity contribution in [3.05, 3.63) is 64.2 Å². The van der Waals surface area contributed by atoms with Gasteiger partial charge in [-0.2, -0.15) is 0 Å². The Morgan fingerprint density at radius 3 is 2.83 bits per heavy atom. The summed E-state index contributed by atoms with van der Waals surface area (Å²) in [7, 11) is 0. The molecule has 2 aromatic carbocycles. The number of halogens is 2. The Morgan fingerprint density at radius 2 is 2.04 bits per heavy atom. The van der Waals surface area contributed by atoms with Gasteiger partial charge in [-0.25, -0.2) is 0 Å². The van der Waals surface area contributed by atoms with E-state index in [0.717, 1.165) is 30.5 Å². The van der Waals surface area contributed by atoms with E-state index in [0.29, 0.717) is 11.4 Å². The quantitative estimate of drug-likeness (QED) is 0.819. The van der Waals surface area contributed by atoms with Gasteiger partial charge in [0.25, 0.3) is 0 Å². The Morgan fingerprint density at radius 1 is 1.26 bits per heavy atom. The zero-order chi connectivity index (χ0) is 15.5. The van der Waals surface area contributed by atoms with E-state index in [-0.39, 0.29) is 24.4 Å². The number of nitrogens with two attached hydrogens (primary N) is 1.